The fraction of sp³-hybridized carbons (Fsp3) is 0.169. The number of halogens is 5. The first-order chi connectivity index (χ1) is 33.1. The molecule has 0 saturated carbocycles. The molecule has 10 rings (SSSR count). The number of carbonyl (C=O) groups is 1. The van der Waals surface area contributed by atoms with Crippen molar-refractivity contribution < 1.29 is 29.8 Å². The van der Waals surface area contributed by atoms with Gasteiger partial charge in [0.1, 0.15) is 5.75 Å². The van der Waals surface area contributed by atoms with Crippen LogP contribution in [0.25, 0.3) is 54.6 Å². The predicted octanol–water partition coefficient (Wildman–Crippen LogP) is 16.9. The van der Waals surface area contributed by atoms with Crippen LogP contribution in [-0.2, 0) is 21.4 Å². The second-order valence-electron chi connectivity index (χ2n) is 18.3. The minimum Gasteiger partial charge on any atom is -0.537 e. The summed E-state index contributed by atoms with van der Waals surface area (Å²) in [5, 5.41) is 43.6. The number of carboxylic acids is 1. The molecule has 12 heteroatoms. The minimum atomic E-state index is -0.883. The molecule has 0 unspecified atom stereocenters. The van der Waals surface area contributed by atoms with E-state index in [1.165, 1.54) is 49.2 Å². The summed E-state index contributed by atoms with van der Waals surface area (Å²) in [6.07, 6.45) is 0. The largest absolute Gasteiger partial charge is 0.569 e. The van der Waals surface area contributed by atoms with E-state index in [-0.39, 0.29) is 17.8 Å². The summed E-state index contributed by atoms with van der Waals surface area (Å²) in [6, 6.07) is 60.2. The molecule has 1 radical (unpaired) electrons. The maximum absolute atomic E-state index is 10.5. The summed E-state index contributed by atoms with van der Waals surface area (Å²) in [5.74, 6) is -0.217. The Hall–Kier alpha value is -4.57. The lowest BCUT2D eigenvalue weighted by Gasteiger charge is -2.23. The van der Waals surface area contributed by atoms with Crippen LogP contribution >= 0.6 is 82.8 Å². The molecule has 6 nitrogen and oxygen atoms in total. The summed E-state index contributed by atoms with van der Waals surface area (Å²) >= 11 is 12.6. The standard InChI is InChI=1S/C19H17BrO.C19H15Br.C13H13IO.C6H5BBrO2.C2H4O2.ClH/c1-19(2,21)18-12-15-6-4-3-5-14(15)11-17(18)13-7-9-16(20)10-8-13;1-19(2)17-10-13-6-4-3-5-12(13)9-16(17)15-8-7-14(20)11-18(15)19;1-13(2,15)11-7-9-5-3-4-6-10(9)8-12(11)14;8-5-1-3-6(4-2-5)10-7-9;1-2(3)4;/h3-12,21H,1-2H3;3-11H,1-2H3;3-8,15H,1-2H3;1-4,9H;1H3,(H,3,4);1H. The van der Waals surface area contributed by atoms with Gasteiger partial charge in [0.25, 0.3) is 5.97 Å². The molecule has 0 heterocycles. The second kappa shape index (κ2) is 24.9. The lowest BCUT2D eigenvalue weighted by atomic mass is 9.82. The van der Waals surface area contributed by atoms with Crippen molar-refractivity contribution in [3.05, 3.63) is 215 Å². The summed E-state index contributed by atoms with van der Waals surface area (Å²) in [4.78, 5) is 9.00. The third kappa shape index (κ3) is 15.0. The highest BCUT2D eigenvalue weighted by Gasteiger charge is 2.35. The fourth-order valence-corrected chi connectivity index (χ4v) is 10.3. The van der Waals surface area contributed by atoms with Gasteiger partial charge in [-0.2, -0.15) is 0 Å². The van der Waals surface area contributed by atoms with Gasteiger partial charge in [0.2, 0.25) is 0 Å². The fourth-order valence-electron chi connectivity index (χ4n) is 8.26. The average Bonchev–Trinajstić information content (AvgIpc) is 3.52. The van der Waals surface area contributed by atoms with Crippen molar-refractivity contribution in [1.29, 1.82) is 0 Å². The number of carboxylic acid groups (broad SMARTS) is 1. The van der Waals surface area contributed by atoms with Crippen molar-refractivity contribution in [1.82, 2.24) is 0 Å². The molecule has 4 N–H and O–H groups in total. The zero-order valence-electron chi connectivity index (χ0n) is 40.3. The van der Waals surface area contributed by atoms with E-state index in [0.29, 0.717) is 13.4 Å². The Morgan fingerprint density at radius 1 is 0.535 bits per heavy atom. The highest BCUT2D eigenvalue weighted by Crippen LogP contribution is 2.50. The second-order valence-corrected chi connectivity index (χ2v) is 22.2. The molecular formula is C59H55BBr3ClIO6. The molecule has 0 aliphatic heterocycles. The van der Waals surface area contributed by atoms with Crippen LogP contribution in [0.1, 0.15) is 70.7 Å². The molecule has 1 aliphatic rings. The predicted molar refractivity (Wildman–Crippen MR) is 317 cm³/mol. The minimum absolute atomic E-state index is 0. The Balaban J connectivity index is 0.000000176. The quantitative estimate of drug-likeness (QED) is 0.101. The molecule has 1 aliphatic carbocycles. The molecule has 0 fully saturated rings. The monoisotopic (exact) mass is 1270 g/mol. The number of aliphatic hydroxyl groups is 2. The Morgan fingerprint density at radius 2 is 0.915 bits per heavy atom. The Kier molecular flexibility index (Phi) is 20.1. The third-order valence-corrected chi connectivity index (χ3v) is 14.1. The molecular weight excluding hydrogens is 1220 g/mol. The normalized spacial score (nSPS) is 11.9. The van der Waals surface area contributed by atoms with Gasteiger partial charge in [0.15, 0.2) is 0 Å². The van der Waals surface area contributed by atoms with E-state index in [0.717, 1.165) is 51.6 Å². The third-order valence-electron chi connectivity index (χ3n) is 11.7. The van der Waals surface area contributed by atoms with E-state index in [9.17, 15) is 10.2 Å². The average molecular weight is 1270 g/mol. The van der Waals surface area contributed by atoms with Crippen LogP contribution in [-0.4, -0.2) is 34.0 Å². The lowest BCUT2D eigenvalue weighted by Crippen LogP contribution is -2.17. The SMILES string of the molecule is CC(=O)O.CC(C)(O)c1cc2ccccc2cc1-c1ccc(Br)cc1.CC(C)(O)c1cc2ccccc2cc1I.CC1(C)c2cc(Br)ccc2-c2cc3ccccc3cc21.Cl.O[B]Oc1ccc(Br)cc1. The number of hydrogen-bond donors (Lipinski definition) is 4. The molecule has 365 valence electrons. The van der Waals surface area contributed by atoms with Crippen LogP contribution < -0.4 is 4.65 Å². The summed E-state index contributed by atoms with van der Waals surface area (Å²) < 4.78 is 8.97. The van der Waals surface area contributed by atoms with E-state index < -0.39 is 17.2 Å². The van der Waals surface area contributed by atoms with Crippen molar-refractivity contribution in [2.24, 2.45) is 0 Å². The Labute approximate surface area is 462 Å². The van der Waals surface area contributed by atoms with Crippen molar-refractivity contribution >= 4 is 129 Å². The van der Waals surface area contributed by atoms with E-state index in [2.05, 4.69) is 204 Å². The van der Waals surface area contributed by atoms with Gasteiger partial charge in [0.05, 0.1) is 11.2 Å². The molecule has 9 aromatic rings. The summed E-state index contributed by atoms with van der Waals surface area (Å²) in [6.45, 7) is 13.0. The van der Waals surface area contributed by atoms with Crippen LogP contribution in [0.2, 0.25) is 0 Å². The van der Waals surface area contributed by atoms with E-state index in [4.69, 9.17) is 14.9 Å². The molecule has 0 amide bonds. The lowest BCUT2D eigenvalue weighted by molar-refractivity contribution is -0.134. The molecule has 0 atom stereocenters. The smallest absolute Gasteiger partial charge is 0.537 e. The van der Waals surface area contributed by atoms with Crippen molar-refractivity contribution in [2.75, 3.05) is 0 Å². The van der Waals surface area contributed by atoms with Crippen molar-refractivity contribution in [2.45, 2.75) is 65.1 Å². The molecule has 0 spiro atoms. The number of hydrogen-bond acceptors (Lipinski definition) is 5. The zero-order valence-corrected chi connectivity index (χ0v) is 48.1. The van der Waals surface area contributed by atoms with Gasteiger partial charge in [-0.05, 0) is 212 Å². The first-order valence-electron chi connectivity index (χ1n) is 22.4. The van der Waals surface area contributed by atoms with E-state index in [1.54, 1.807) is 12.1 Å². The number of aliphatic carboxylic acids is 1. The van der Waals surface area contributed by atoms with Gasteiger partial charge in [0, 0.05) is 29.3 Å². The van der Waals surface area contributed by atoms with Gasteiger partial charge in [-0.1, -0.05) is 153 Å². The van der Waals surface area contributed by atoms with Gasteiger partial charge in [-0.3, -0.25) is 4.79 Å². The highest BCUT2D eigenvalue weighted by atomic mass is 127. The van der Waals surface area contributed by atoms with Gasteiger partial charge >= 0.3 is 7.69 Å². The van der Waals surface area contributed by atoms with Gasteiger partial charge in [-0.15, -0.1) is 12.4 Å². The van der Waals surface area contributed by atoms with E-state index in [1.807, 2.05) is 76.2 Å². The van der Waals surface area contributed by atoms with Crippen molar-refractivity contribution in [3.8, 4) is 28.0 Å². The maximum atomic E-state index is 10.5. The molecule has 9 aromatic carbocycles. The number of benzene rings is 9. The molecule has 0 aromatic heterocycles. The Bertz CT molecular complexity index is 3260. The zero-order chi connectivity index (χ0) is 51.0. The van der Waals surface area contributed by atoms with Crippen LogP contribution in [0.4, 0.5) is 0 Å². The maximum Gasteiger partial charge on any atom is 0.569 e. The molecule has 0 bridgehead atoms. The first-order valence-corrected chi connectivity index (χ1v) is 25.9. The summed E-state index contributed by atoms with van der Waals surface area (Å²) in [7, 11) is 0.656. The number of rotatable bonds is 5. The topological polar surface area (TPSA) is 107 Å². The van der Waals surface area contributed by atoms with Crippen molar-refractivity contribution in [3.63, 3.8) is 0 Å². The Morgan fingerprint density at radius 3 is 1.38 bits per heavy atom. The summed E-state index contributed by atoms with van der Waals surface area (Å²) in [5.41, 5.74) is 8.14. The van der Waals surface area contributed by atoms with E-state index >= 15 is 0 Å². The number of fused-ring (bicyclic) bond motifs is 6. The molecule has 0 saturated heterocycles. The van der Waals surface area contributed by atoms with Crippen LogP contribution in [0.15, 0.2) is 189 Å². The van der Waals surface area contributed by atoms with Gasteiger partial charge in [-0.25, -0.2) is 0 Å². The molecule has 71 heavy (non-hydrogen) atoms. The van der Waals surface area contributed by atoms with Crippen LogP contribution in [0.5, 0.6) is 5.75 Å². The van der Waals surface area contributed by atoms with Crippen LogP contribution in [0, 0.1) is 3.57 Å². The first kappa shape index (κ1) is 57.3. The van der Waals surface area contributed by atoms with Crippen LogP contribution in [0.3, 0.4) is 0 Å². The van der Waals surface area contributed by atoms with Gasteiger partial charge < -0.3 is 25.0 Å². The highest BCUT2D eigenvalue weighted by molar-refractivity contribution is 14.1.